The van der Waals surface area contributed by atoms with Crippen LogP contribution in [0.4, 0.5) is 5.69 Å². The summed E-state index contributed by atoms with van der Waals surface area (Å²) in [4.78, 5) is 11.7. The van der Waals surface area contributed by atoms with Crippen molar-refractivity contribution in [1.82, 2.24) is 0 Å². The van der Waals surface area contributed by atoms with Gasteiger partial charge in [-0.05, 0) is 42.0 Å². The molecule has 0 saturated heterocycles. The second-order valence-electron chi connectivity index (χ2n) is 5.85. The standard InChI is InChI=1S/C21H19NO4S/c1-26-21(23)18-12-14-20(15-13-18)27(24,25)22(19-10-6-3-7-11-19)16-17-8-4-2-5-9-17/h2-15H,16H2,1H3. The summed E-state index contributed by atoms with van der Waals surface area (Å²) < 4.78 is 32.6. The van der Waals surface area contributed by atoms with E-state index in [2.05, 4.69) is 4.74 Å². The topological polar surface area (TPSA) is 63.7 Å². The summed E-state index contributed by atoms with van der Waals surface area (Å²) in [6, 6.07) is 24.1. The van der Waals surface area contributed by atoms with E-state index in [9.17, 15) is 13.2 Å². The second kappa shape index (κ2) is 8.05. The molecule has 3 aromatic carbocycles. The van der Waals surface area contributed by atoms with Crippen molar-refractivity contribution >= 4 is 21.7 Å². The summed E-state index contributed by atoms with van der Waals surface area (Å²) in [5.41, 5.74) is 1.74. The molecule has 0 amide bonds. The van der Waals surface area contributed by atoms with Gasteiger partial charge in [0.05, 0.1) is 29.8 Å². The maximum Gasteiger partial charge on any atom is 0.337 e. The average molecular weight is 381 g/mol. The summed E-state index contributed by atoms with van der Waals surface area (Å²) >= 11 is 0. The highest BCUT2D eigenvalue weighted by Crippen LogP contribution is 2.26. The van der Waals surface area contributed by atoms with Gasteiger partial charge in [-0.25, -0.2) is 13.2 Å². The number of nitrogens with zero attached hydrogens (tertiary/aromatic N) is 1. The Kier molecular flexibility index (Phi) is 5.57. The van der Waals surface area contributed by atoms with Crippen molar-refractivity contribution in [1.29, 1.82) is 0 Å². The third kappa shape index (κ3) is 4.17. The Bertz CT molecular complexity index is 1000. The van der Waals surface area contributed by atoms with Crippen LogP contribution in [0, 0.1) is 0 Å². The van der Waals surface area contributed by atoms with E-state index in [1.54, 1.807) is 24.3 Å². The van der Waals surface area contributed by atoms with Crippen molar-refractivity contribution in [3.63, 3.8) is 0 Å². The summed E-state index contributed by atoms with van der Waals surface area (Å²) in [5, 5.41) is 0. The molecule has 0 saturated carbocycles. The Morgan fingerprint density at radius 2 is 1.41 bits per heavy atom. The number of benzene rings is 3. The van der Waals surface area contributed by atoms with Gasteiger partial charge < -0.3 is 4.74 Å². The lowest BCUT2D eigenvalue weighted by Crippen LogP contribution is -2.30. The first-order valence-electron chi connectivity index (χ1n) is 8.32. The van der Waals surface area contributed by atoms with Crippen LogP contribution in [0.5, 0.6) is 0 Å². The van der Waals surface area contributed by atoms with Gasteiger partial charge in [0.15, 0.2) is 0 Å². The number of para-hydroxylation sites is 1. The summed E-state index contributed by atoms with van der Waals surface area (Å²) in [7, 11) is -2.54. The third-order valence-electron chi connectivity index (χ3n) is 4.08. The van der Waals surface area contributed by atoms with Gasteiger partial charge in [-0.2, -0.15) is 0 Å². The normalized spacial score (nSPS) is 11.0. The van der Waals surface area contributed by atoms with Gasteiger partial charge in [-0.1, -0.05) is 48.5 Å². The Morgan fingerprint density at radius 3 is 1.96 bits per heavy atom. The average Bonchev–Trinajstić information content (AvgIpc) is 2.73. The van der Waals surface area contributed by atoms with Crippen molar-refractivity contribution in [3.8, 4) is 0 Å². The summed E-state index contributed by atoms with van der Waals surface area (Å²) in [6.45, 7) is 0.200. The van der Waals surface area contributed by atoms with E-state index in [0.717, 1.165) is 5.56 Å². The highest BCUT2D eigenvalue weighted by atomic mass is 32.2. The van der Waals surface area contributed by atoms with Crippen LogP contribution in [0.3, 0.4) is 0 Å². The van der Waals surface area contributed by atoms with Crippen molar-refractivity contribution in [2.75, 3.05) is 11.4 Å². The van der Waals surface area contributed by atoms with E-state index in [-0.39, 0.29) is 11.4 Å². The molecule has 0 heterocycles. The Balaban J connectivity index is 2.01. The fourth-order valence-electron chi connectivity index (χ4n) is 2.67. The predicted octanol–water partition coefficient (Wildman–Crippen LogP) is 3.87. The molecule has 0 fully saturated rings. The fourth-order valence-corrected chi connectivity index (χ4v) is 4.12. The monoisotopic (exact) mass is 381 g/mol. The van der Waals surface area contributed by atoms with E-state index in [1.165, 1.54) is 35.7 Å². The highest BCUT2D eigenvalue weighted by molar-refractivity contribution is 7.92. The third-order valence-corrected chi connectivity index (χ3v) is 5.86. The van der Waals surface area contributed by atoms with Crippen LogP contribution in [0.2, 0.25) is 0 Å². The summed E-state index contributed by atoms with van der Waals surface area (Å²) in [6.07, 6.45) is 0. The predicted molar refractivity (Wildman–Crippen MR) is 104 cm³/mol. The lowest BCUT2D eigenvalue weighted by molar-refractivity contribution is 0.0600. The number of anilines is 1. The minimum atomic E-state index is -3.82. The molecular formula is C21H19NO4S. The molecule has 138 valence electrons. The number of carbonyl (C=O) groups is 1. The zero-order valence-corrected chi connectivity index (χ0v) is 15.6. The molecule has 0 aromatic heterocycles. The molecule has 0 atom stereocenters. The van der Waals surface area contributed by atoms with Crippen LogP contribution in [-0.2, 0) is 21.3 Å². The summed E-state index contributed by atoms with van der Waals surface area (Å²) in [5.74, 6) is -0.511. The lowest BCUT2D eigenvalue weighted by Gasteiger charge is -2.24. The van der Waals surface area contributed by atoms with Crippen LogP contribution in [0.25, 0.3) is 0 Å². The molecule has 6 heteroatoms. The number of rotatable bonds is 6. The Hall–Kier alpha value is -3.12. The van der Waals surface area contributed by atoms with Crippen LogP contribution in [0.1, 0.15) is 15.9 Å². The first-order chi connectivity index (χ1) is 13.0. The van der Waals surface area contributed by atoms with Gasteiger partial charge in [0.1, 0.15) is 0 Å². The molecule has 0 spiro atoms. The zero-order valence-electron chi connectivity index (χ0n) is 14.8. The number of ether oxygens (including phenoxy) is 1. The molecule has 0 aliphatic rings. The van der Waals surface area contributed by atoms with Crippen LogP contribution in [0.15, 0.2) is 89.8 Å². The zero-order chi connectivity index (χ0) is 19.3. The molecule has 0 bridgehead atoms. The largest absolute Gasteiger partial charge is 0.465 e. The number of hydrogen-bond acceptors (Lipinski definition) is 4. The van der Waals surface area contributed by atoms with Crippen LogP contribution >= 0.6 is 0 Å². The van der Waals surface area contributed by atoms with Gasteiger partial charge in [0.2, 0.25) is 0 Å². The Labute approximate surface area is 158 Å². The van der Waals surface area contributed by atoms with Gasteiger partial charge in [-0.15, -0.1) is 0 Å². The van der Waals surface area contributed by atoms with Crippen molar-refractivity contribution in [2.24, 2.45) is 0 Å². The molecule has 27 heavy (non-hydrogen) atoms. The minimum Gasteiger partial charge on any atom is -0.465 e. The molecule has 0 aliphatic heterocycles. The van der Waals surface area contributed by atoms with Crippen LogP contribution in [-0.4, -0.2) is 21.5 Å². The Morgan fingerprint density at radius 1 is 0.852 bits per heavy atom. The molecule has 0 N–H and O–H groups in total. The van der Waals surface area contributed by atoms with Gasteiger partial charge >= 0.3 is 5.97 Å². The lowest BCUT2D eigenvalue weighted by atomic mass is 10.2. The molecular weight excluding hydrogens is 362 g/mol. The smallest absolute Gasteiger partial charge is 0.337 e. The molecule has 5 nitrogen and oxygen atoms in total. The number of esters is 1. The van der Waals surface area contributed by atoms with Gasteiger partial charge in [-0.3, -0.25) is 4.31 Å². The second-order valence-corrected chi connectivity index (χ2v) is 7.71. The SMILES string of the molecule is COC(=O)c1ccc(S(=O)(=O)N(Cc2ccccc2)c2ccccc2)cc1. The van der Waals surface area contributed by atoms with E-state index in [1.807, 2.05) is 36.4 Å². The number of hydrogen-bond donors (Lipinski definition) is 0. The first-order valence-corrected chi connectivity index (χ1v) is 9.76. The fraction of sp³-hybridized carbons (Fsp3) is 0.0952. The molecule has 0 radical (unpaired) electrons. The molecule has 3 rings (SSSR count). The number of methoxy groups -OCH3 is 1. The van der Waals surface area contributed by atoms with Crippen molar-refractivity contribution < 1.29 is 17.9 Å². The first kappa shape index (κ1) is 18.7. The van der Waals surface area contributed by atoms with Gasteiger partial charge in [0.25, 0.3) is 10.0 Å². The van der Waals surface area contributed by atoms with Gasteiger partial charge in [0, 0.05) is 0 Å². The number of sulfonamides is 1. The van der Waals surface area contributed by atoms with E-state index < -0.39 is 16.0 Å². The van der Waals surface area contributed by atoms with E-state index in [4.69, 9.17) is 0 Å². The maximum absolute atomic E-state index is 13.3. The van der Waals surface area contributed by atoms with E-state index >= 15 is 0 Å². The molecule has 0 aliphatic carbocycles. The quantitative estimate of drug-likeness (QED) is 0.608. The van der Waals surface area contributed by atoms with E-state index in [0.29, 0.717) is 11.3 Å². The highest BCUT2D eigenvalue weighted by Gasteiger charge is 2.25. The number of carbonyl (C=O) groups excluding carboxylic acids is 1. The van der Waals surface area contributed by atoms with Crippen LogP contribution < -0.4 is 4.31 Å². The minimum absolute atomic E-state index is 0.106. The molecule has 0 unspecified atom stereocenters. The maximum atomic E-state index is 13.3. The van der Waals surface area contributed by atoms with Crippen molar-refractivity contribution in [3.05, 3.63) is 96.1 Å². The van der Waals surface area contributed by atoms with Crippen molar-refractivity contribution in [2.45, 2.75) is 11.4 Å². The molecule has 3 aromatic rings.